The Balaban J connectivity index is 2.67. The smallest absolute Gasteiger partial charge is 0.0446 e. The molecule has 1 aromatic rings. The van der Waals surface area contributed by atoms with Crippen LogP contribution in [0.1, 0.15) is 11.6 Å². The average molecular weight is 178 g/mol. The van der Waals surface area contributed by atoms with Gasteiger partial charge in [-0.2, -0.15) is 0 Å². The topological polar surface area (TPSA) is 15.3 Å². The van der Waals surface area contributed by atoms with E-state index in [2.05, 4.69) is 48.6 Å². The summed E-state index contributed by atoms with van der Waals surface area (Å²) in [5, 5.41) is 3.31. The van der Waals surface area contributed by atoms with Gasteiger partial charge in [0.1, 0.15) is 0 Å². The largest absolute Gasteiger partial charge is 0.312 e. The van der Waals surface area contributed by atoms with Crippen LogP contribution < -0.4 is 5.32 Å². The zero-order valence-electron chi connectivity index (χ0n) is 8.62. The Morgan fingerprint density at radius 2 is 1.85 bits per heavy atom. The van der Waals surface area contributed by atoms with Gasteiger partial charge in [-0.15, -0.1) is 0 Å². The van der Waals surface area contributed by atoms with Crippen molar-refractivity contribution in [2.45, 2.75) is 6.04 Å². The fourth-order valence-electron chi connectivity index (χ4n) is 1.41. The highest BCUT2D eigenvalue weighted by Gasteiger charge is 2.08. The maximum Gasteiger partial charge on any atom is 0.0446 e. The molecule has 0 aliphatic heterocycles. The van der Waals surface area contributed by atoms with E-state index >= 15 is 0 Å². The number of benzene rings is 1. The maximum absolute atomic E-state index is 3.31. The summed E-state index contributed by atoms with van der Waals surface area (Å²) in [6, 6.07) is 10.9. The lowest BCUT2D eigenvalue weighted by Gasteiger charge is -2.20. The van der Waals surface area contributed by atoms with E-state index in [0.29, 0.717) is 6.04 Å². The van der Waals surface area contributed by atoms with Crippen LogP contribution in [0.15, 0.2) is 30.3 Å². The molecule has 0 bridgehead atoms. The van der Waals surface area contributed by atoms with Crippen LogP contribution in [-0.4, -0.2) is 32.6 Å². The van der Waals surface area contributed by atoms with E-state index < -0.39 is 0 Å². The lowest BCUT2D eigenvalue weighted by atomic mass is 10.1. The number of nitrogens with one attached hydrogen (secondary N) is 1. The zero-order valence-corrected chi connectivity index (χ0v) is 8.62. The third-order valence-electron chi connectivity index (χ3n) is 2.10. The van der Waals surface area contributed by atoms with Crippen LogP contribution in [0.3, 0.4) is 0 Å². The molecule has 0 aliphatic carbocycles. The van der Waals surface area contributed by atoms with Crippen molar-refractivity contribution in [3.8, 4) is 0 Å². The molecule has 0 unspecified atom stereocenters. The summed E-state index contributed by atoms with van der Waals surface area (Å²) < 4.78 is 0. The summed E-state index contributed by atoms with van der Waals surface area (Å²) in [4.78, 5) is 2.19. The molecule has 0 amide bonds. The molecule has 2 heteroatoms. The molecule has 0 aromatic heterocycles. The first-order chi connectivity index (χ1) is 6.24. The number of hydrogen-bond donors (Lipinski definition) is 1. The van der Waals surface area contributed by atoms with E-state index in [0.717, 1.165) is 6.54 Å². The second-order valence-corrected chi connectivity index (χ2v) is 3.51. The second kappa shape index (κ2) is 5.00. The van der Waals surface area contributed by atoms with Gasteiger partial charge in [-0.3, -0.25) is 0 Å². The Kier molecular flexibility index (Phi) is 3.93. The normalized spacial score (nSPS) is 13.2. The van der Waals surface area contributed by atoms with Crippen LogP contribution in [0, 0.1) is 0 Å². The number of likely N-dealkylation sites (N-methyl/N-ethyl adjacent to an activating group) is 2. The van der Waals surface area contributed by atoms with Gasteiger partial charge in [0.25, 0.3) is 0 Å². The molecule has 1 atom stereocenters. The first-order valence-electron chi connectivity index (χ1n) is 4.61. The standard InChI is InChI=1S/C11H18N2/c1-12-11(9-13(2)3)10-7-5-4-6-8-10/h4-8,11-12H,9H2,1-3H3/t11-/m1/s1. The van der Waals surface area contributed by atoms with Crippen molar-refractivity contribution in [3.63, 3.8) is 0 Å². The van der Waals surface area contributed by atoms with Gasteiger partial charge in [-0.1, -0.05) is 30.3 Å². The van der Waals surface area contributed by atoms with Crippen molar-refractivity contribution in [2.24, 2.45) is 0 Å². The monoisotopic (exact) mass is 178 g/mol. The molecular formula is C11H18N2. The zero-order chi connectivity index (χ0) is 9.68. The van der Waals surface area contributed by atoms with Crippen molar-refractivity contribution in [3.05, 3.63) is 35.9 Å². The van der Waals surface area contributed by atoms with Gasteiger partial charge in [0.05, 0.1) is 0 Å². The summed E-state index contributed by atoms with van der Waals surface area (Å²) >= 11 is 0. The molecule has 13 heavy (non-hydrogen) atoms. The third kappa shape index (κ3) is 3.17. The molecular weight excluding hydrogens is 160 g/mol. The molecule has 0 fully saturated rings. The van der Waals surface area contributed by atoms with Gasteiger partial charge < -0.3 is 10.2 Å². The highest BCUT2D eigenvalue weighted by Crippen LogP contribution is 2.11. The van der Waals surface area contributed by atoms with E-state index in [1.807, 2.05) is 13.1 Å². The highest BCUT2D eigenvalue weighted by molar-refractivity contribution is 5.19. The lowest BCUT2D eigenvalue weighted by Crippen LogP contribution is -2.28. The molecule has 0 radical (unpaired) electrons. The van der Waals surface area contributed by atoms with Crippen LogP contribution in [-0.2, 0) is 0 Å². The van der Waals surface area contributed by atoms with Crippen molar-refractivity contribution in [1.29, 1.82) is 0 Å². The molecule has 0 heterocycles. The minimum absolute atomic E-state index is 0.427. The molecule has 0 saturated carbocycles. The number of hydrogen-bond acceptors (Lipinski definition) is 2. The Hall–Kier alpha value is -0.860. The van der Waals surface area contributed by atoms with Gasteiger partial charge in [-0.05, 0) is 26.7 Å². The summed E-state index contributed by atoms with van der Waals surface area (Å²) in [6.07, 6.45) is 0. The van der Waals surface area contributed by atoms with Crippen LogP contribution in [0.2, 0.25) is 0 Å². The molecule has 1 N–H and O–H groups in total. The van der Waals surface area contributed by atoms with Gasteiger partial charge >= 0.3 is 0 Å². The predicted octanol–water partition coefficient (Wildman–Crippen LogP) is 1.51. The minimum atomic E-state index is 0.427. The fraction of sp³-hybridized carbons (Fsp3) is 0.455. The summed E-state index contributed by atoms with van der Waals surface area (Å²) in [5.41, 5.74) is 1.35. The van der Waals surface area contributed by atoms with Crippen molar-refractivity contribution in [1.82, 2.24) is 10.2 Å². The van der Waals surface area contributed by atoms with E-state index in [9.17, 15) is 0 Å². The molecule has 0 saturated heterocycles. The Bertz CT molecular complexity index is 231. The van der Waals surface area contributed by atoms with E-state index in [-0.39, 0.29) is 0 Å². The molecule has 1 aromatic carbocycles. The van der Waals surface area contributed by atoms with Crippen LogP contribution in [0.5, 0.6) is 0 Å². The summed E-state index contributed by atoms with van der Waals surface area (Å²) in [7, 11) is 6.18. The summed E-state index contributed by atoms with van der Waals surface area (Å²) in [5.74, 6) is 0. The van der Waals surface area contributed by atoms with Crippen molar-refractivity contribution >= 4 is 0 Å². The SMILES string of the molecule is CN[C@H](CN(C)C)c1ccccc1. The van der Waals surface area contributed by atoms with Crippen molar-refractivity contribution < 1.29 is 0 Å². The summed E-state index contributed by atoms with van der Waals surface area (Å²) in [6.45, 7) is 1.03. The van der Waals surface area contributed by atoms with E-state index in [1.54, 1.807) is 0 Å². The highest BCUT2D eigenvalue weighted by atomic mass is 15.1. The minimum Gasteiger partial charge on any atom is -0.312 e. The van der Waals surface area contributed by atoms with Gasteiger partial charge in [0.2, 0.25) is 0 Å². The Morgan fingerprint density at radius 1 is 1.23 bits per heavy atom. The van der Waals surface area contributed by atoms with Gasteiger partial charge in [0, 0.05) is 12.6 Å². The Labute approximate surface area is 80.6 Å². The average Bonchev–Trinajstić information content (AvgIpc) is 2.15. The first kappa shape index (κ1) is 10.2. The molecule has 0 spiro atoms. The predicted molar refractivity (Wildman–Crippen MR) is 56.8 cm³/mol. The molecule has 72 valence electrons. The van der Waals surface area contributed by atoms with Crippen LogP contribution >= 0.6 is 0 Å². The Morgan fingerprint density at radius 3 is 2.31 bits per heavy atom. The molecule has 1 rings (SSSR count). The second-order valence-electron chi connectivity index (χ2n) is 3.51. The number of nitrogens with zero attached hydrogens (tertiary/aromatic N) is 1. The first-order valence-corrected chi connectivity index (χ1v) is 4.61. The number of rotatable bonds is 4. The van der Waals surface area contributed by atoms with Crippen LogP contribution in [0.4, 0.5) is 0 Å². The molecule has 0 aliphatic rings. The third-order valence-corrected chi connectivity index (χ3v) is 2.10. The molecule has 2 nitrogen and oxygen atoms in total. The van der Waals surface area contributed by atoms with E-state index in [4.69, 9.17) is 0 Å². The van der Waals surface area contributed by atoms with Crippen LogP contribution in [0.25, 0.3) is 0 Å². The van der Waals surface area contributed by atoms with E-state index in [1.165, 1.54) is 5.56 Å². The van der Waals surface area contributed by atoms with Gasteiger partial charge in [0.15, 0.2) is 0 Å². The van der Waals surface area contributed by atoms with Crippen molar-refractivity contribution in [2.75, 3.05) is 27.7 Å². The van der Waals surface area contributed by atoms with Gasteiger partial charge in [-0.25, -0.2) is 0 Å². The fourth-order valence-corrected chi connectivity index (χ4v) is 1.41. The lowest BCUT2D eigenvalue weighted by molar-refractivity contribution is 0.353. The maximum atomic E-state index is 3.31. The quantitative estimate of drug-likeness (QED) is 0.752.